The first-order chi connectivity index (χ1) is 13.3. The van der Waals surface area contributed by atoms with Crippen LogP contribution < -0.4 is 10.6 Å². The first-order valence-corrected chi connectivity index (χ1v) is 9.81. The van der Waals surface area contributed by atoms with Crippen molar-refractivity contribution in [3.63, 3.8) is 0 Å². The van der Waals surface area contributed by atoms with Crippen molar-refractivity contribution >= 4 is 28.0 Å². The number of fused-ring (bicyclic) bond motifs is 1. The Labute approximate surface area is 160 Å². The minimum Gasteiger partial charge on any atom is -0.328 e. The molecule has 0 aromatic carbocycles. The largest absolute Gasteiger partial charge is 0.328 e. The molecule has 0 saturated carbocycles. The zero-order valence-corrected chi connectivity index (χ0v) is 15.8. The van der Waals surface area contributed by atoms with Crippen LogP contribution in [0.5, 0.6) is 0 Å². The van der Waals surface area contributed by atoms with Gasteiger partial charge in [-0.2, -0.15) is 9.47 Å². The molecule has 4 aromatic heterocycles. The van der Waals surface area contributed by atoms with Crippen LogP contribution in [0, 0.1) is 0 Å². The molecule has 0 amide bonds. The van der Waals surface area contributed by atoms with Gasteiger partial charge in [-0.25, -0.2) is 9.97 Å². The number of aryl methyl sites for hydroxylation is 1. The summed E-state index contributed by atoms with van der Waals surface area (Å²) in [7, 11) is 1.91. The SMILES string of the molecule is Cn1cc(-c2cnc3c(Nc4cc(C5CCCNC5)ns4)nccn23)cn1. The summed E-state index contributed by atoms with van der Waals surface area (Å²) in [5.74, 6) is 1.22. The third kappa shape index (κ3) is 3.08. The van der Waals surface area contributed by atoms with Gasteiger partial charge in [0.15, 0.2) is 11.5 Å². The number of hydrogen-bond acceptors (Lipinski definition) is 7. The first-order valence-electron chi connectivity index (χ1n) is 9.03. The van der Waals surface area contributed by atoms with Crippen molar-refractivity contribution in [1.29, 1.82) is 0 Å². The highest BCUT2D eigenvalue weighted by atomic mass is 32.1. The molecule has 0 bridgehead atoms. The predicted octanol–water partition coefficient (Wildman–Crippen LogP) is 2.80. The average Bonchev–Trinajstić information content (AvgIpc) is 3.42. The molecule has 1 aliphatic rings. The van der Waals surface area contributed by atoms with Crippen LogP contribution in [0.1, 0.15) is 24.5 Å². The molecule has 1 aliphatic heterocycles. The lowest BCUT2D eigenvalue weighted by Crippen LogP contribution is -2.28. The highest BCUT2D eigenvalue weighted by Crippen LogP contribution is 2.30. The molecule has 9 heteroatoms. The molecule has 2 N–H and O–H groups in total. The maximum Gasteiger partial charge on any atom is 0.180 e. The Morgan fingerprint density at radius 1 is 1.30 bits per heavy atom. The van der Waals surface area contributed by atoms with Crippen molar-refractivity contribution in [3.05, 3.63) is 42.7 Å². The lowest BCUT2D eigenvalue weighted by molar-refractivity contribution is 0.457. The number of nitrogens with zero attached hydrogens (tertiary/aromatic N) is 6. The molecule has 1 atom stereocenters. The predicted molar refractivity (Wildman–Crippen MR) is 105 cm³/mol. The molecule has 0 spiro atoms. The zero-order chi connectivity index (χ0) is 18.2. The Kier molecular flexibility index (Phi) is 4.10. The molecule has 4 aromatic rings. The van der Waals surface area contributed by atoms with Crippen LogP contribution in [0.15, 0.2) is 37.1 Å². The second kappa shape index (κ2) is 6.75. The van der Waals surface area contributed by atoms with Crippen molar-refractivity contribution in [2.75, 3.05) is 18.4 Å². The molecule has 5 heterocycles. The number of anilines is 2. The molecule has 27 heavy (non-hydrogen) atoms. The summed E-state index contributed by atoms with van der Waals surface area (Å²) in [4.78, 5) is 9.06. The number of piperidine rings is 1. The number of rotatable bonds is 4. The van der Waals surface area contributed by atoms with Gasteiger partial charge in [0.2, 0.25) is 0 Å². The quantitative estimate of drug-likeness (QED) is 0.566. The first kappa shape index (κ1) is 16.4. The standard InChI is InChI=1S/C18H20N8S/c1-25-11-13(9-22-25)15-10-21-18-17(20-5-6-26(15)18)23-16-7-14(24-27-16)12-3-2-4-19-8-12/h5-7,9-12,19H,2-4,8H2,1H3,(H,20,23). The van der Waals surface area contributed by atoms with Crippen LogP contribution in [-0.4, -0.2) is 41.6 Å². The maximum absolute atomic E-state index is 4.64. The van der Waals surface area contributed by atoms with Crippen molar-refractivity contribution in [1.82, 2.24) is 33.8 Å². The maximum atomic E-state index is 4.64. The van der Waals surface area contributed by atoms with E-state index in [1.165, 1.54) is 24.4 Å². The summed E-state index contributed by atoms with van der Waals surface area (Å²) < 4.78 is 8.46. The molecule has 0 aliphatic carbocycles. The van der Waals surface area contributed by atoms with Crippen LogP contribution in [0.2, 0.25) is 0 Å². The van der Waals surface area contributed by atoms with E-state index >= 15 is 0 Å². The highest BCUT2D eigenvalue weighted by molar-refractivity contribution is 7.10. The van der Waals surface area contributed by atoms with E-state index in [1.54, 1.807) is 10.9 Å². The van der Waals surface area contributed by atoms with Gasteiger partial charge in [0, 0.05) is 43.7 Å². The van der Waals surface area contributed by atoms with Gasteiger partial charge in [0.1, 0.15) is 5.00 Å². The monoisotopic (exact) mass is 380 g/mol. The topological polar surface area (TPSA) is 85.0 Å². The molecular formula is C18H20N8S. The Morgan fingerprint density at radius 3 is 3.07 bits per heavy atom. The van der Waals surface area contributed by atoms with E-state index in [-0.39, 0.29) is 0 Å². The lowest BCUT2D eigenvalue weighted by atomic mass is 9.96. The highest BCUT2D eigenvalue weighted by Gasteiger charge is 2.19. The summed E-state index contributed by atoms with van der Waals surface area (Å²) >= 11 is 1.47. The van der Waals surface area contributed by atoms with E-state index in [0.29, 0.717) is 5.92 Å². The molecule has 0 radical (unpaired) electrons. The molecular weight excluding hydrogens is 360 g/mol. The van der Waals surface area contributed by atoms with E-state index in [1.807, 2.05) is 36.2 Å². The van der Waals surface area contributed by atoms with Crippen molar-refractivity contribution < 1.29 is 0 Å². The van der Waals surface area contributed by atoms with Crippen LogP contribution >= 0.6 is 11.5 Å². The van der Waals surface area contributed by atoms with Crippen molar-refractivity contribution in [3.8, 4) is 11.3 Å². The normalized spacial score (nSPS) is 17.4. The molecule has 5 rings (SSSR count). The summed E-state index contributed by atoms with van der Waals surface area (Å²) in [5.41, 5.74) is 3.94. The van der Waals surface area contributed by atoms with Gasteiger partial charge in [-0.3, -0.25) is 9.08 Å². The van der Waals surface area contributed by atoms with E-state index in [0.717, 1.165) is 46.5 Å². The molecule has 1 saturated heterocycles. The molecule has 8 nitrogen and oxygen atoms in total. The van der Waals surface area contributed by atoms with Crippen LogP contribution in [-0.2, 0) is 7.05 Å². The zero-order valence-electron chi connectivity index (χ0n) is 15.0. The molecule has 138 valence electrons. The van der Waals surface area contributed by atoms with E-state index in [2.05, 4.69) is 36.1 Å². The summed E-state index contributed by atoms with van der Waals surface area (Å²) in [6, 6.07) is 2.14. The Balaban J connectivity index is 1.44. The fraction of sp³-hybridized carbons (Fsp3) is 0.333. The van der Waals surface area contributed by atoms with E-state index < -0.39 is 0 Å². The van der Waals surface area contributed by atoms with Gasteiger partial charge >= 0.3 is 0 Å². The fourth-order valence-electron chi connectivity index (χ4n) is 3.54. The summed E-state index contributed by atoms with van der Waals surface area (Å²) in [5, 5.41) is 12.1. The third-order valence-electron chi connectivity index (χ3n) is 4.91. The van der Waals surface area contributed by atoms with Crippen molar-refractivity contribution in [2.24, 2.45) is 7.05 Å². The minimum absolute atomic E-state index is 0.498. The molecule has 1 fully saturated rings. The Bertz CT molecular complexity index is 1070. The van der Waals surface area contributed by atoms with Gasteiger partial charge < -0.3 is 10.6 Å². The average molecular weight is 380 g/mol. The smallest absolute Gasteiger partial charge is 0.180 e. The number of nitrogens with one attached hydrogen (secondary N) is 2. The lowest BCUT2D eigenvalue weighted by Gasteiger charge is -2.20. The second-order valence-corrected chi connectivity index (χ2v) is 7.60. The van der Waals surface area contributed by atoms with Gasteiger partial charge in [-0.05, 0) is 37.0 Å². The summed E-state index contributed by atoms with van der Waals surface area (Å²) in [6.07, 6.45) is 11.8. The van der Waals surface area contributed by atoms with Crippen LogP contribution in [0.4, 0.5) is 10.8 Å². The Morgan fingerprint density at radius 2 is 2.26 bits per heavy atom. The second-order valence-electron chi connectivity index (χ2n) is 6.80. The number of imidazole rings is 1. The van der Waals surface area contributed by atoms with Gasteiger partial charge in [0.05, 0.1) is 23.8 Å². The number of hydrogen-bond donors (Lipinski definition) is 2. The number of aromatic nitrogens is 6. The van der Waals surface area contributed by atoms with Gasteiger partial charge in [-0.15, -0.1) is 0 Å². The van der Waals surface area contributed by atoms with Gasteiger partial charge in [0.25, 0.3) is 0 Å². The molecule has 1 unspecified atom stereocenters. The van der Waals surface area contributed by atoms with Crippen LogP contribution in [0.3, 0.4) is 0 Å². The van der Waals surface area contributed by atoms with E-state index in [4.69, 9.17) is 0 Å². The van der Waals surface area contributed by atoms with Crippen LogP contribution in [0.25, 0.3) is 16.9 Å². The van der Waals surface area contributed by atoms with Gasteiger partial charge in [-0.1, -0.05) is 0 Å². The fourth-order valence-corrected chi connectivity index (χ4v) is 4.26. The van der Waals surface area contributed by atoms with E-state index in [9.17, 15) is 0 Å². The Hall–Kier alpha value is -2.78. The van der Waals surface area contributed by atoms with Crippen molar-refractivity contribution in [2.45, 2.75) is 18.8 Å². The minimum atomic E-state index is 0.498. The summed E-state index contributed by atoms with van der Waals surface area (Å²) in [6.45, 7) is 2.11. The third-order valence-corrected chi connectivity index (χ3v) is 5.63.